The summed E-state index contributed by atoms with van der Waals surface area (Å²) in [5.74, 6) is -7.63. The molecule has 2 unspecified atom stereocenters. The SMILES string of the molecule is N#CC1C(F)=C(F)C=C(F)C1(F)C#N. The molecule has 0 aromatic heterocycles. The molecule has 2 nitrogen and oxygen atoms in total. The van der Waals surface area contributed by atoms with Crippen molar-refractivity contribution in [3.63, 3.8) is 0 Å². The van der Waals surface area contributed by atoms with Crippen molar-refractivity contribution < 1.29 is 17.6 Å². The molecule has 0 saturated heterocycles. The van der Waals surface area contributed by atoms with Crippen LogP contribution in [0.15, 0.2) is 23.6 Å². The van der Waals surface area contributed by atoms with E-state index in [-0.39, 0.29) is 6.08 Å². The summed E-state index contributed by atoms with van der Waals surface area (Å²) < 4.78 is 51.4. The Bertz CT molecular complexity index is 412. The molecule has 0 saturated carbocycles. The van der Waals surface area contributed by atoms with Crippen LogP contribution in [0, 0.1) is 28.6 Å². The van der Waals surface area contributed by atoms with E-state index in [0.29, 0.717) is 0 Å². The fraction of sp³-hybridized carbons (Fsp3) is 0.250. The van der Waals surface area contributed by atoms with Gasteiger partial charge in [0.25, 0.3) is 5.67 Å². The van der Waals surface area contributed by atoms with E-state index < -0.39 is 29.1 Å². The molecule has 0 aliphatic heterocycles. The van der Waals surface area contributed by atoms with Crippen LogP contribution in [0.1, 0.15) is 0 Å². The first-order valence-electron chi connectivity index (χ1n) is 3.40. The number of nitrogens with zero attached hydrogens (tertiary/aromatic N) is 2. The number of halogens is 4. The summed E-state index contributed by atoms with van der Waals surface area (Å²) in [4.78, 5) is 0. The van der Waals surface area contributed by atoms with Crippen LogP contribution in [-0.2, 0) is 0 Å². The number of rotatable bonds is 0. The second kappa shape index (κ2) is 3.15. The normalized spacial score (nSPS) is 31.9. The predicted octanol–water partition coefficient (Wildman–Crippen LogP) is 2.38. The molecule has 0 aromatic carbocycles. The first kappa shape index (κ1) is 10.3. The summed E-state index contributed by atoms with van der Waals surface area (Å²) in [7, 11) is 0. The monoisotopic (exact) mass is 202 g/mol. The van der Waals surface area contributed by atoms with Gasteiger partial charge in [0.1, 0.15) is 6.07 Å². The Kier molecular flexibility index (Phi) is 2.31. The van der Waals surface area contributed by atoms with Crippen molar-refractivity contribution in [1.82, 2.24) is 0 Å². The molecule has 1 aliphatic rings. The molecule has 0 amide bonds. The van der Waals surface area contributed by atoms with Crippen LogP contribution < -0.4 is 0 Å². The number of hydrogen-bond donors (Lipinski definition) is 0. The first-order chi connectivity index (χ1) is 6.47. The number of nitriles is 2. The molecule has 72 valence electrons. The van der Waals surface area contributed by atoms with Crippen molar-refractivity contribution in [2.75, 3.05) is 0 Å². The Labute approximate surface area is 76.4 Å². The van der Waals surface area contributed by atoms with Crippen LogP contribution in [-0.4, -0.2) is 5.67 Å². The molecule has 0 spiro atoms. The van der Waals surface area contributed by atoms with Gasteiger partial charge in [-0.2, -0.15) is 10.5 Å². The highest BCUT2D eigenvalue weighted by Crippen LogP contribution is 2.41. The Balaban J connectivity index is 3.37. The van der Waals surface area contributed by atoms with E-state index in [1.165, 1.54) is 0 Å². The minimum absolute atomic E-state index is 0.0770. The van der Waals surface area contributed by atoms with Gasteiger partial charge < -0.3 is 0 Å². The summed E-state index contributed by atoms with van der Waals surface area (Å²) in [5.41, 5.74) is -3.44. The molecule has 1 aliphatic carbocycles. The molecule has 0 N–H and O–H groups in total. The molecule has 14 heavy (non-hydrogen) atoms. The van der Waals surface area contributed by atoms with Gasteiger partial charge in [-0.25, -0.2) is 17.6 Å². The summed E-state index contributed by atoms with van der Waals surface area (Å²) >= 11 is 0. The number of hydrogen-bond acceptors (Lipinski definition) is 2. The van der Waals surface area contributed by atoms with Gasteiger partial charge in [0.05, 0.1) is 6.07 Å². The molecule has 0 fully saturated rings. The fourth-order valence-electron chi connectivity index (χ4n) is 0.999. The maximum absolute atomic E-state index is 13.3. The Hall–Kier alpha value is -1.82. The third-order valence-corrected chi connectivity index (χ3v) is 1.77. The molecule has 0 bridgehead atoms. The third kappa shape index (κ3) is 1.16. The number of alkyl halides is 1. The van der Waals surface area contributed by atoms with Gasteiger partial charge in [-0.05, 0) is 0 Å². The molecule has 0 heterocycles. The van der Waals surface area contributed by atoms with Crippen LogP contribution in [0.25, 0.3) is 0 Å². The zero-order valence-corrected chi connectivity index (χ0v) is 6.56. The smallest absolute Gasteiger partial charge is 0.217 e. The lowest BCUT2D eigenvalue weighted by molar-refractivity contribution is 0.181. The van der Waals surface area contributed by atoms with E-state index in [9.17, 15) is 17.6 Å². The Morgan fingerprint density at radius 3 is 2.29 bits per heavy atom. The Morgan fingerprint density at radius 2 is 1.86 bits per heavy atom. The molecular weight excluding hydrogens is 200 g/mol. The second-order valence-electron chi connectivity index (χ2n) is 2.57. The van der Waals surface area contributed by atoms with Crippen molar-refractivity contribution in [2.24, 2.45) is 5.92 Å². The van der Waals surface area contributed by atoms with E-state index in [1.807, 2.05) is 0 Å². The Morgan fingerprint density at radius 1 is 1.29 bits per heavy atom. The summed E-state index contributed by atoms with van der Waals surface area (Å²) in [6.45, 7) is 0. The van der Waals surface area contributed by atoms with Crippen LogP contribution in [0.3, 0.4) is 0 Å². The fourth-order valence-corrected chi connectivity index (χ4v) is 0.999. The average molecular weight is 202 g/mol. The minimum Gasteiger partial charge on any atom is -0.217 e. The predicted molar refractivity (Wildman–Crippen MR) is 37.0 cm³/mol. The van der Waals surface area contributed by atoms with E-state index in [1.54, 1.807) is 0 Å². The maximum atomic E-state index is 13.3. The summed E-state index contributed by atoms with van der Waals surface area (Å²) in [5, 5.41) is 16.5. The maximum Gasteiger partial charge on any atom is 0.268 e. The largest absolute Gasteiger partial charge is 0.268 e. The topological polar surface area (TPSA) is 47.6 Å². The molecule has 0 aromatic rings. The highest BCUT2D eigenvalue weighted by atomic mass is 19.2. The van der Waals surface area contributed by atoms with E-state index in [2.05, 4.69) is 0 Å². The standard InChI is InChI=1S/C8H2F4N2/c9-5-1-6(10)8(12,3-14)4(2-13)7(5)11/h1,4H. The first-order valence-corrected chi connectivity index (χ1v) is 3.40. The van der Waals surface area contributed by atoms with Crippen molar-refractivity contribution in [3.8, 4) is 12.1 Å². The van der Waals surface area contributed by atoms with Gasteiger partial charge in [-0.3, -0.25) is 0 Å². The van der Waals surface area contributed by atoms with Gasteiger partial charge in [0.15, 0.2) is 23.4 Å². The van der Waals surface area contributed by atoms with Crippen molar-refractivity contribution in [1.29, 1.82) is 10.5 Å². The van der Waals surface area contributed by atoms with Gasteiger partial charge in [-0.1, -0.05) is 0 Å². The zero-order valence-electron chi connectivity index (χ0n) is 6.56. The zero-order chi connectivity index (χ0) is 10.9. The third-order valence-electron chi connectivity index (χ3n) is 1.77. The van der Waals surface area contributed by atoms with Gasteiger partial charge in [0.2, 0.25) is 0 Å². The lowest BCUT2D eigenvalue weighted by atomic mass is 9.85. The van der Waals surface area contributed by atoms with Gasteiger partial charge in [0, 0.05) is 6.08 Å². The lowest BCUT2D eigenvalue weighted by Gasteiger charge is -2.22. The van der Waals surface area contributed by atoms with Crippen LogP contribution in [0.2, 0.25) is 0 Å². The van der Waals surface area contributed by atoms with E-state index >= 15 is 0 Å². The molecule has 2 atom stereocenters. The van der Waals surface area contributed by atoms with Crippen molar-refractivity contribution in [3.05, 3.63) is 23.6 Å². The molecule has 1 rings (SSSR count). The quantitative estimate of drug-likeness (QED) is 0.566. The highest BCUT2D eigenvalue weighted by molar-refractivity contribution is 5.41. The summed E-state index contributed by atoms with van der Waals surface area (Å²) in [6, 6.07) is 1.81. The van der Waals surface area contributed by atoms with E-state index in [4.69, 9.17) is 10.5 Å². The van der Waals surface area contributed by atoms with Crippen LogP contribution >= 0.6 is 0 Å². The van der Waals surface area contributed by atoms with Gasteiger partial charge in [-0.15, -0.1) is 0 Å². The van der Waals surface area contributed by atoms with Crippen molar-refractivity contribution in [2.45, 2.75) is 5.67 Å². The van der Waals surface area contributed by atoms with Gasteiger partial charge >= 0.3 is 0 Å². The van der Waals surface area contributed by atoms with Crippen molar-refractivity contribution >= 4 is 0 Å². The molecular formula is C8H2F4N2. The lowest BCUT2D eigenvalue weighted by Crippen LogP contribution is -2.34. The van der Waals surface area contributed by atoms with Crippen LogP contribution in [0.4, 0.5) is 17.6 Å². The number of allylic oxidation sites excluding steroid dienone is 4. The average Bonchev–Trinajstić information content (AvgIpc) is 2.16. The highest BCUT2D eigenvalue weighted by Gasteiger charge is 2.51. The molecule has 6 heteroatoms. The minimum atomic E-state index is -3.44. The van der Waals surface area contributed by atoms with E-state index in [0.717, 1.165) is 12.1 Å². The summed E-state index contributed by atoms with van der Waals surface area (Å²) in [6.07, 6.45) is -0.0770. The molecule has 0 radical (unpaired) electrons. The van der Waals surface area contributed by atoms with Crippen LogP contribution in [0.5, 0.6) is 0 Å². The second-order valence-corrected chi connectivity index (χ2v) is 2.57.